The first-order valence-corrected chi connectivity index (χ1v) is 23.6. The lowest BCUT2D eigenvalue weighted by Gasteiger charge is -2.20. The van der Waals surface area contributed by atoms with Gasteiger partial charge >= 0.3 is 19.8 Å². The van der Waals surface area contributed by atoms with Crippen LogP contribution in [0.15, 0.2) is 0 Å². The zero-order valence-corrected chi connectivity index (χ0v) is 35.3. The van der Waals surface area contributed by atoms with Crippen molar-refractivity contribution in [3.8, 4) is 0 Å². The molecule has 0 spiro atoms. The van der Waals surface area contributed by atoms with Gasteiger partial charge in [-0.15, -0.1) is 0 Å². The zero-order chi connectivity index (χ0) is 39.1. The molecular formula is C42H84NO9P. The number of nitrogens with two attached hydrogens (primary N) is 1. The lowest BCUT2D eigenvalue weighted by Crippen LogP contribution is -2.34. The van der Waals surface area contributed by atoms with Crippen LogP contribution in [0.4, 0.5) is 0 Å². The van der Waals surface area contributed by atoms with E-state index in [0.29, 0.717) is 6.61 Å². The van der Waals surface area contributed by atoms with Gasteiger partial charge in [-0.3, -0.25) is 18.6 Å². The molecule has 0 fully saturated rings. The van der Waals surface area contributed by atoms with Gasteiger partial charge in [0, 0.05) is 13.0 Å². The molecule has 0 rings (SSSR count). The molecule has 0 aliphatic heterocycles. The predicted octanol–water partition coefficient (Wildman–Crippen LogP) is 12.0. The molecule has 10 nitrogen and oxygen atoms in total. The van der Waals surface area contributed by atoms with E-state index in [1.165, 1.54) is 161 Å². The molecule has 0 aliphatic rings. The molecule has 3 unspecified atom stereocenters. The maximum absolute atomic E-state index is 12.6. The van der Waals surface area contributed by atoms with E-state index >= 15 is 0 Å². The molecule has 0 aromatic carbocycles. The van der Waals surface area contributed by atoms with Crippen LogP contribution >= 0.6 is 7.82 Å². The monoisotopic (exact) mass is 778 g/mol. The number of carbonyl (C=O) groups is 2. The molecular weight excluding hydrogens is 693 g/mol. The summed E-state index contributed by atoms with van der Waals surface area (Å²) in [4.78, 5) is 33.5. The standard InChI is InChI=1S/C42H84NO9P/c1-3-5-7-9-11-13-15-16-17-18-19-20-21-22-23-24-26-28-30-32-34-41(44)52-39(37-50-53(47,48)51-38-40(43)42(45)46)36-49-35-33-31-29-27-25-14-12-10-8-6-4-2/h39-40H,3-38,43H2,1-2H3,(H,45,46)(H,47,48). The van der Waals surface area contributed by atoms with Crippen LogP contribution in [0.1, 0.15) is 219 Å². The summed E-state index contributed by atoms with van der Waals surface area (Å²) < 4.78 is 33.3. The fourth-order valence-corrected chi connectivity index (χ4v) is 7.21. The number of hydrogen-bond donors (Lipinski definition) is 3. The highest BCUT2D eigenvalue weighted by Crippen LogP contribution is 2.43. The van der Waals surface area contributed by atoms with Gasteiger partial charge in [0.05, 0.1) is 19.8 Å². The number of rotatable bonds is 43. The number of carboxylic acids is 1. The van der Waals surface area contributed by atoms with E-state index < -0.39 is 45.1 Å². The van der Waals surface area contributed by atoms with E-state index in [-0.39, 0.29) is 13.0 Å². The van der Waals surface area contributed by atoms with E-state index in [1.54, 1.807) is 0 Å². The second kappa shape index (κ2) is 39.2. The van der Waals surface area contributed by atoms with Gasteiger partial charge in [0.1, 0.15) is 12.1 Å². The highest BCUT2D eigenvalue weighted by Gasteiger charge is 2.27. The van der Waals surface area contributed by atoms with E-state index in [9.17, 15) is 19.0 Å². The van der Waals surface area contributed by atoms with Gasteiger partial charge in [-0.1, -0.05) is 200 Å². The number of phosphoric ester groups is 1. The fourth-order valence-electron chi connectivity index (χ4n) is 6.43. The zero-order valence-electron chi connectivity index (χ0n) is 34.4. The Morgan fingerprint density at radius 3 is 1.25 bits per heavy atom. The molecule has 11 heteroatoms. The Morgan fingerprint density at radius 1 is 0.528 bits per heavy atom. The number of hydrogen-bond acceptors (Lipinski definition) is 8. The van der Waals surface area contributed by atoms with Crippen LogP contribution in [0.25, 0.3) is 0 Å². The van der Waals surface area contributed by atoms with Crippen molar-refractivity contribution in [3.05, 3.63) is 0 Å². The third-order valence-corrected chi connectivity index (χ3v) is 10.8. The van der Waals surface area contributed by atoms with Crippen LogP contribution in [0, 0.1) is 0 Å². The molecule has 0 radical (unpaired) electrons. The Labute approximate surface area is 325 Å². The SMILES string of the molecule is CCCCCCCCCCCCCCCCCCCCCCC(=O)OC(COCCCCCCCCCCCCC)COP(=O)(O)OCC(N)C(=O)O. The Kier molecular flexibility index (Phi) is 38.5. The second-order valence-electron chi connectivity index (χ2n) is 15.2. The first-order valence-electron chi connectivity index (χ1n) is 22.1. The van der Waals surface area contributed by atoms with Crippen molar-refractivity contribution in [1.82, 2.24) is 0 Å². The van der Waals surface area contributed by atoms with Crippen molar-refractivity contribution < 1.29 is 42.7 Å². The van der Waals surface area contributed by atoms with E-state index in [0.717, 1.165) is 38.5 Å². The molecule has 0 saturated heterocycles. The van der Waals surface area contributed by atoms with Crippen molar-refractivity contribution in [3.63, 3.8) is 0 Å². The Balaban J connectivity index is 4.11. The van der Waals surface area contributed by atoms with Crippen LogP contribution in [-0.2, 0) is 32.7 Å². The number of esters is 1. The third kappa shape index (κ3) is 39.0. The van der Waals surface area contributed by atoms with Gasteiger partial charge in [-0.2, -0.15) is 0 Å². The number of phosphoric acid groups is 1. The number of carbonyl (C=O) groups excluding carboxylic acids is 1. The average molecular weight is 778 g/mol. The third-order valence-electron chi connectivity index (χ3n) is 9.89. The molecule has 0 aromatic rings. The van der Waals surface area contributed by atoms with Crippen LogP contribution < -0.4 is 5.73 Å². The van der Waals surface area contributed by atoms with Crippen molar-refractivity contribution in [2.45, 2.75) is 231 Å². The van der Waals surface area contributed by atoms with Crippen molar-refractivity contribution in [1.29, 1.82) is 0 Å². The lowest BCUT2D eigenvalue weighted by atomic mass is 10.0. The maximum Gasteiger partial charge on any atom is 0.472 e. The number of carboxylic acid groups (broad SMARTS) is 1. The van der Waals surface area contributed by atoms with Gasteiger partial charge in [0.15, 0.2) is 0 Å². The Bertz CT molecular complexity index is 862. The Hall–Kier alpha value is -1.03. The molecule has 0 saturated carbocycles. The van der Waals surface area contributed by atoms with Gasteiger partial charge < -0.3 is 25.2 Å². The summed E-state index contributed by atoms with van der Waals surface area (Å²) in [5, 5.41) is 8.88. The van der Waals surface area contributed by atoms with Crippen LogP contribution in [-0.4, -0.2) is 60.5 Å². The lowest BCUT2D eigenvalue weighted by molar-refractivity contribution is -0.154. The van der Waals surface area contributed by atoms with E-state index in [2.05, 4.69) is 13.8 Å². The van der Waals surface area contributed by atoms with Crippen LogP contribution in [0.2, 0.25) is 0 Å². The number of aliphatic carboxylic acids is 1. The molecule has 0 heterocycles. The normalized spacial score (nSPS) is 13.9. The minimum Gasteiger partial charge on any atom is -0.480 e. The van der Waals surface area contributed by atoms with Gasteiger partial charge in [-0.05, 0) is 12.8 Å². The van der Waals surface area contributed by atoms with Crippen molar-refractivity contribution >= 4 is 19.8 Å². The second-order valence-corrected chi connectivity index (χ2v) is 16.6. The smallest absolute Gasteiger partial charge is 0.472 e. The molecule has 0 bridgehead atoms. The summed E-state index contributed by atoms with van der Waals surface area (Å²) in [7, 11) is -4.60. The largest absolute Gasteiger partial charge is 0.480 e. The number of unbranched alkanes of at least 4 members (excludes halogenated alkanes) is 29. The first-order chi connectivity index (χ1) is 25.7. The van der Waals surface area contributed by atoms with Crippen molar-refractivity contribution in [2.24, 2.45) is 5.73 Å². The first kappa shape index (κ1) is 52.0. The fraction of sp³-hybridized carbons (Fsp3) is 0.952. The molecule has 0 aromatic heterocycles. The minimum atomic E-state index is -4.60. The van der Waals surface area contributed by atoms with Crippen LogP contribution in [0.3, 0.4) is 0 Å². The summed E-state index contributed by atoms with van der Waals surface area (Å²) in [5.41, 5.74) is 5.35. The summed E-state index contributed by atoms with van der Waals surface area (Å²) >= 11 is 0. The number of ether oxygens (including phenoxy) is 2. The quantitative estimate of drug-likeness (QED) is 0.0309. The van der Waals surface area contributed by atoms with E-state index in [1.807, 2.05) is 0 Å². The summed E-state index contributed by atoms with van der Waals surface area (Å²) in [6, 6.07) is -1.47. The summed E-state index contributed by atoms with van der Waals surface area (Å²) in [5.74, 6) is -1.77. The van der Waals surface area contributed by atoms with Crippen LogP contribution in [0.5, 0.6) is 0 Å². The van der Waals surface area contributed by atoms with E-state index in [4.69, 9.17) is 29.4 Å². The van der Waals surface area contributed by atoms with Gasteiger partial charge in [0.2, 0.25) is 0 Å². The topological polar surface area (TPSA) is 155 Å². The molecule has 0 amide bonds. The summed E-state index contributed by atoms with van der Waals surface area (Å²) in [6.45, 7) is 3.92. The minimum absolute atomic E-state index is 0.0252. The molecule has 53 heavy (non-hydrogen) atoms. The average Bonchev–Trinajstić information content (AvgIpc) is 3.13. The highest BCUT2D eigenvalue weighted by molar-refractivity contribution is 7.47. The molecule has 0 aliphatic carbocycles. The Morgan fingerprint density at radius 2 is 0.868 bits per heavy atom. The maximum atomic E-state index is 12.6. The van der Waals surface area contributed by atoms with Crippen molar-refractivity contribution in [2.75, 3.05) is 26.4 Å². The van der Waals surface area contributed by atoms with Gasteiger partial charge in [0.25, 0.3) is 0 Å². The van der Waals surface area contributed by atoms with Gasteiger partial charge in [-0.25, -0.2) is 4.57 Å². The molecule has 3 atom stereocenters. The summed E-state index contributed by atoms with van der Waals surface area (Å²) in [6.07, 6.45) is 38.7. The highest BCUT2D eigenvalue weighted by atomic mass is 31.2. The molecule has 316 valence electrons. The molecule has 4 N–H and O–H groups in total. The predicted molar refractivity (Wildman–Crippen MR) is 217 cm³/mol.